The standard InChI is InChI=1S/C24H24ClN5O2/c1-29-14-3-4-20(29)12-15-32-23-10-9-19(16-21(23)22-11-13-26-30(22)2)28-24(31)27-18-7-5-17(25)6-8-18/h3-11,13-14,16H,12,15H2,1-2H3,(H2,27,28,31). The lowest BCUT2D eigenvalue weighted by atomic mass is 10.1. The predicted molar refractivity (Wildman–Crippen MR) is 127 cm³/mol. The first-order chi connectivity index (χ1) is 15.5. The van der Waals surface area contributed by atoms with Gasteiger partial charge in [-0.25, -0.2) is 4.79 Å². The van der Waals surface area contributed by atoms with Gasteiger partial charge in [0, 0.05) is 60.6 Å². The van der Waals surface area contributed by atoms with Crippen molar-refractivity contribution in [2.45, 2.75) is 6.42 Å². The van der Waals surface area contributed by atoms with E-state index < -0.39 is 0 Å². The number of aryl methyl sites for hydroxylation is 2. The number of urea groups is 1. The highest BCUT2D eigenvalue weighted by Gasteiger charge is 2.13. The van der Waals surface area contributed by atoms with E-state index in [2.05, 4.69) is 26.4 Å². The molecule has 4 rings (SSSR count). The van der Waals surface area contributed by atoms with E-state index >= 15 is 0 Å². The highest BCUT2D eigenvalue weighted by Crippen LogP contribution is 2.32. The van der Waals surface area contributed by atoms with Crippen LogP contribution in [0.3, 0.4) is 0 Å². The molecule has 0 saturated carbocycles. The molecule has 2 aromatic heterocycles. The molecule has 32 heavy (non-hydrogen) atoms. The molecule has 0 aliphatic carbocycles. The average Bonchev–Trinajstić information content (AvgIpc) is 3.38. The van der Waals surface area contributed by atoms with E-state index in [0.29, 0.717) is 23.0 Å². The first-order valence-electron chi connectivity index (χ1n) is 10.2. The lowest BCUT2D eigenvalue weighted by Gasteiger charge is -2.15. The van der Waals surface area contributed by atoms with E-state index in [-0.39, 0.29) is 6.03 Å². The van der Waals surface area contributed by atoms with E-state index in [1.54, 1.807) is 35.1 Å². The number of ether oxygens (including phenoxy) is 1. The fourth-order valence-electron chi connectivity index (χ4n) is 3.42. The molecule has 2 heterocycles. The number of hydrogen-bond acceptors (Lipinski definition) is 3. The van der Waals surface area contributed by atoms with Crippen LogP contribution in [-0.4, -0.2) is 27.0 Å². The largest absolute Gasteiger partial charge is 0.492 e. The van der Waals surface area contributed by atoms with Gasteiger partial charge in [-0.3, -0.25) is 4.68 Å². The summed E-state index contributed by atoms with van der Waals surface area (Å²) in [7, 11) is 3.89. The zero-order valence-corrected chi connectivity index (χ0v) is 18.6. The number of amides is 2. The van der Waals surface area contributed by atoms with Gasteiger partial charge in [0.1, 0.15) is 5.75 Å². The molecule has 0 spiro atoms. The summed E-state index contributed by atoms with van der Waals surface area (Å²) in [6.07, 6.45) is 4.54. The molecular weight excluding hydrogens is 426 g/mol. The van der Waals surface area contributed by atoms with Crippen molar-refractivity contribution >= 4 is 29.0 Å². The first-order valence-corrected chi connectivity index (χ1v) is 10.6. The number of rotatable bonds is 7. The maximum absolute atomic E-state index is 12.4. The number of carbonyl (C=O) groups is 1. The molecular formula is C24H24ClN5O2. The molecule has 4 aromatic rings. The van der Waals surface area contributed by atoms with Gasteiger partial charge in [-0.05, 0) is 60.7 Å². The SMILES string of the molecule is Cn1cccc1CCOc1ccc(NC(=O)Nc2ccc(Cl)cc2)cc1-c1ccnn1C. The third kappa shape index (κ3) is 5.12. The quantitative estimate of drug-likeness (QED) is 0.399. The van der Waals surface area contributed by atoms with Crippen LogP contribution in [0.2, 0.25) is 5.02 Å². The van der Waals surface area contributed by atoms with Crippen LogP contribution in [0.1, 0.15) is 5.69 Å². The number of halogens is 1. The van der Waals surface area contributed by atoms with E-state index in [4.69, 9.17) is 16.3 Å². The van der Waals surface area contributed by atoms with Crippen molar-refractivity contribution in [2.75, 3.05) is 17.2 Å². The van der Waals surface area contributed by atoms with Crippen molar-refractivity contribution in [1.29, 1.82) is 0 Å². The average molecular weight is 450 g/mol. The van der Waals surface area contributed by atoms with Crippen LogP contribution < -0.4 is 15.4 Å². The Bertz CT molecular complexity index is 1210. The zero-order valence-electron chi connectivity index (χ0n) is 17.9. The number of hydrogen-bond donors (Lipinski definition) is 2. The molecule has 0 fully saturated rings. The lowest BCUT2D eigenvalue weighted by Crippen LogP contribution is -2.19. The minimum atomic E-state index is -0.347. The van der Waals surface area contributed by atoms with Gasteiger partial charge in [0.25, 0.3) is 0 Å². The van der Waals surface area contributed by atoms with Crippen molar-refractivity contribution in [3.8, 4) is 17.0 Å². The van der Waals surface area contributed by atoms with Gasteiger partial charge >= 0.3 is 6.03 Å². The molecule has 0 bridgehead atoms. The van der Waals surface area contributed by atoms with Crippen molar-refractivity contribution in [3.63, 3.8) is 0 Å². The summed E-state index contributed by atoms with van der Waals surface area (Å²) in [4.78, 5) is 12.4. The molecule has 0 saturated heterocycles. The van der Waals surface area contributed by atoms with E-state index in [1.807, 2.05) is 50.6 Å². The molecule has 2 N–H and O–H groups in total. The second kappa shape index (κ2) is 9.62. The third-order valence-electron chi connectivity index (χ3n) is 5.10. The van der Waals surface area contributed by atoms with Gasteiger partial charge < -0.3 is 19.9 Å². The van der Waals surface area contributed by atoms with Crippen molar-refractivity contribution in [3.05, 3.63) is 83.8 Å². The summed E-state index contributed by atoms with van der Waals surface area (Å²) in [5, 5.41) is 10.5. The predicted octanol–water partition coefficient (Wildman–Crippen LogP) is 5.34. The second-order valence-electron chi connectivity index (χ2n) is 7.35. The minimum absolute atomic E-state index is 0.347. The van der Waals surface area contributed by atoms with Crippen LogP contribution in [0.15, 0.2) is 73.1 Å². The smallest absolute Gasteiger partial charge is 0.323 e. The van der Waals surface area contributed by atoms with Gasteiger partial charge in [-0.15, -0.1) is 0 Å². The molecule has 0 radical (unpaired) electrons. The number of aromatic nitrogens is 3. The Kier molecular flexibility index (Phi) is 6.47. The first kappa shape index (κ1) is 21.5. The van der Waals surface area contributed by atoms with Crippen molar-refractivity contribution < 1.29 is 9.53 Å². The Hall–Kier alpha value is -3.71. The molecule has 8 heteroatoms. The summed E-state index contributed by atoms with van der Waals surface area (Å²) in [5.41, 5.74) is 4.23. The van der Waals surface area contributed by atoms with Gasteiger partial charge in [0.15, 0.2) is 0 Å². The van der Waals surface area contributed by atoms with Crippen LogP contribution >= 0.6 is 11.6 Å². The Morgan fingerprint density at radius 3 is 2.47 bits per heavy atom. The number of carbonyl (C=O) groups excluding carboxylic acids is 1. The Labute approximate surface area is 191 Å². The van der Waals surface area contributed by atoms with Crippen LogP contribution in [0, 0.1) is 0 Å². The van der Waals surface area contributed by atoms with Crippen LogP contribution in [-0.2, 0) is 20.5 Å². The zero-order chi connectivity index (χ0) is 22.5. The molecule has 0 unspecified atom stereocenters. The van der Waals surface area contributed by atoms with Crippen LogP contribution in [0.5, 0.6) is 5.75 Å². The monoisotopic (exact) mass is 449 g/mol. The number of anilines is 2. The fraction of sp³-hybridized carbons (Fsp3) is 0.167. The van der Waals surface area contributed by atoms with Gasteiger partial charge in [-0.2, -0.15) is 5.10 Å². The van der Waals surface area contributed by atoms with E-state index in [9.17, 15) is 4.79 Å². The highest BCUT2D eigenvalue weighted by atomic mass is 35.5. The van der Waals surface area contributed by atoms with E-state index in [0.717, 1.165) is 23.4 Å². The topological polar surface area (TPSA) is 73.1 Å². The number of nitrogens with zero attached hydrogens (tertiary/aromatic N) is 3. The van der Waals surface area contributed by atoms with Crippen molar-refractivity contribution in [1.82, 2.24) is 14.3 Å². The minimum Gasteiger partial charge on any atom is -0.492 e. The maximum atomic E-state index is 12.4. The van der Waals surface area contributed by atoms with Crippen molar-refractivity contribution in [2.24, 2.45) is 14.1 Å². The highest BCUT2D eigenvalue weighted by molar-refractivity contribution is 6.30. The second-order valence-corrected chi connectivity index (χ2v) is 7.78. The molecule has 0 atom stereocenters. The van der Waals surface area contributed by atoms with Gasteiger partial charge in [0.2, 0.25) is 0 Å². The van der Waals surface area contributed by atoms with Gasteiger partial charge in [0.05, 0.1) is 12.3 Å². The van der Waals surface area contributed by atoms with E-state index in [1.165, 1.54) is 5.69 Å². The molecule has 2 aromatic carbocycles. The van der Waals surface area contributed by atoms with Gasteiger partial charge in [-0.1, -0.05) is 11.6 Å². The molecule has 164 valence electrons. The summed E-state index contributed by atoms with van der Waals surface area (Å²) in [6.45, 7) is 0.534. The molecule has 2 amide bonds. The third-order valence-corrected chi connectivity index (χ3v) is 5.36. The summed E-state index contributed by atoms with van der Waals surface area (Å²) in [5.74, 6) is 0.728. The van der Waals surface area contributed by atoms with Crippen LogP contribution in [0.4, 0.5) is 16.2 Å². The summed E-state index contributed by atoms with van der Waals surface area (Å²) < 4.78 is 9.97. The summed E-state index contributed by atoms with van der Waals surface area (Å²) >= 11 is 5.90. The van der Waals surface area contributed by atoms with Crippen LogP contribution in [0.25, 0.3) is 11.3 Å². The number of benzene rings is 2. The molecule has 7 nitrogen and oxygen atoms in total. The lowest BCUT2D eigenvalue weighted by molar-refractivity contribution is 0.262. The normalized spacial score (nSPS) is 10.7. The number of nitrogens with one attached hydrogen (secondary N) is 2. The Morgan fingerprint density at radius 2 is 1.78 bits per heavy atom. The Balaban J connectivity index is 1.50. The fourth-order valence-corrected chi connectivity index (χ4v) is 3.55. The molecule has 0 aliphatic rings. The maximum Gasteiger partial charge on any atom is 0.323 e. The Morgan fingerprint density at radius 1 is 1.03 bits per heavy atom. The molecule has 0 aliphatic heterocycles. The summed E-state index contributed by atoms with van der Waals surface area (Å²) in [6, 6.07) is 18.2.